The predicted molar refractivity (Wildman–Crippen MR) is 69.1 cm³/mol. The average Bonchev–Trinajstić information content (AvgIpc) is 2.80. The molecule has 0 radical (unpaired) electrons. The van der Waals surface area contributed by atoms with Gasteiger partial charge in [0, 0.05) is 18.2 Å². The van der Waals surface area contributed by atoms with Crippen molar-refractivity contribution in [3.8, 4) is 5.75 Å². The van der Waals surface area contributed by atoms with Crippen molar-refractivity contribution in [3.63, 3.8) is 0 Å². The number of rotatable bonds is 3. The van der Waals surface area contributed by atoms with Crippen LogP contribution in [0.25, 0.3) is 11.1 Å². The minimum atomic E-state index is -0.707. The second-order valence-electron chi connectivity index (χ2n) is 4.20. The van der Waals surface area contributed by atoms with Crippen molar-refractivity contribution in [2.75, 3.05) is 5.73 Å². The Morgan fingerprint density at radius 2 is 1.90 bits per heavy atom. The van der Waals surface area contributed by atoms with Crippen molar-refractivity contribution in [3.05, 3.63) is 53.9 Å². The smallest absolute Gasteiger partial charge is 0.233 e. The molecule has 0 aliphatic heterocycles. The number of ether oxygens (including phenoxy) is 1. The molecule has 0 amide bonds. The van der Waals surface area contributed by atoms with Crippen LogP contribution in [-0.4, -0.2) is 4.98 Å². The van der Waals surface area contributed by atoms with E-state index in [2.05, 4.69) is 4.98 Å². The molecule has 0 aliphatic carbocycles. The molecule has 2 aromatic carbocycles. The molecule has 0 spiro atoms. The molecule has 0 aliphatic rings. The molecule has 0 saturated carbocycles. The fraction of sp³-hybridized carbons (Fsp3) is 0.0714. The normalized spacial score (nSPS) is 10.9. The molecule has 4 nitrogen and oxygen atoms in total. The number of benzene rings is 2. The molecule has 0 fully saturated rings. The number of aromatic nitrogens is 1. The van der Waals surface area contributed by atoms with Crippen LogP contribution in [0, 0.1) is 11.6 Å². The highest BCUT2D eigenvalue weighted by Gasteiger charge is 2.09. The maximum atomic E-state index is 13.0. The van der Waals surface area contributed by atoms with E-state index in [0.717, 1.165) is 18.2 Å². The third-order valence-electron chi connectivity index (χ3n) is 2.69. The number of oxazole rings is 1. The van der Waals surface area contributed by atoms with Crippen molar-refractivity contribution in [1.82, 2.24) is 4.98 Å². The van der Waals surface area contributed by atoms with Crippen molar-refractivity contribution in [1.29, 1.82) is 0 Å². The largest absolute Gasteiger partial charge is 0.484 e. The zero-order chi connectivity index (χ0) is 14.1. The Bertz CT molecular complexity index is 751. The predicted octanol–water partition coefficient (Wildman–Crippen LogP) is 3.27. The van der Waals surface area contributed by atoms with E-state index in [9.17, 15) is 8.78 Å². The van der Waals surface area contributed by atoms with Crippen LogP contribution in [-0.2, 0) is 6.61 Å². The first kappa shape index (κ1) is 12.4. The summed E-state index contributed by atoms with van der Waals surface area (Å²) in [5.74, 6) is -1.07. The first-order valence-electron chi connectivity index (χ1n) is 5.84. The lowest BCUT2D eigenvalue weighted by molar-refractivity contribution is 0.265. The van der Waals surface area contributed by atoms with E-state index in [1.807, 2.05) is 0 Å². The zero-order valence-corrected chi connectivity index (χ0v) is 10.3. The minimum Gasteiger partial charge on any atom is -0.484 e. The Kier molecular flexibility index (Phi) is 2.98. The van der Waals surface area contributed by atoms with E-state index in [1.165, 1.54) is 0 Å². The number of para-hydroxylation sites is 1. The molecule has 0 atom stereocenters. The van der Waals surface area contributed by atoms with Gasteiger partial charge in [-0.3, -0.25) is 0 Å². The highest BCUT2D eigenvalue weighted by atomic mass is 19.1. The van der Waals surface area contributed by atoms with E-state index >= 15 is 0 Å². The fourth-order valence-corrected chi connectivity index (χ4v) is 1.83. The summed E-state index contributed by atoms with van der Waals surface area (Å²) < 4.78 is 36.7. The third-order valence-corrected chi connectivity index (χ3v) is 2.69. The third kappa shape index (κ3) is 2.40. The second-order valence-corrected chi connectivity index (χ2v) is 4.20. The van der Waals surface area contributed by atoms with Gasteiger partial charge in [0.25, 0.3) is 0 Å². The summed E-state index contributed by atoms with van der Waals surface area (Å²) in [5, 5.41) is 0. The summed E-state index contributed by atoms with van der Waals surface area (Å²) in [6.07, 6.45) is 0. The molecular formula is C14H10F2N2O2. The molecule has 2 N–H and O–H groups in total. The Hall–Kier alpha value is -2.63. The SMILES string of the molecule is Nc1cccc2oc(COc3cc(F)cc(F)c3)nc12. The van der Waals surface area contributed by atoms with Crippen molar-refractivity contribution in [2.45, 2.75) is 6.61 Å². The summed E-state index contributed by atoms with van der Waals surface area (Å²) >= 11 is 0. The van der Waals surface area contributed by atoms with E-state index in [0.29, 0.717) is 16.8 Å². The molecule has 1 aromatic heterocycles. The molecule has 1 heterocycles. The van der Waals surface area contributed by atoms with E-state index in [-0.39, 0.29) is 18.2 Å². The van der Waals surface area contributed by atoms with Crippen LogP contribution in [0.4, 0.5) is 14.5 Å². The van der Waals surface area contributed by atoms with E-state index in [4.69, 9.17) is 14.9 Å². The number of nitrogens with zero attached hydrogens (tertiary/aromatic N) is 1. The quantitative estimate of drug-likeness (QED) is 0.746. The van der Waals surface area contributed by atoms with E-state index in [1.54, 1.807) is 18.2 Å². The van der Waals surface area contributed by atoms with E-state index < -0.39 is 11.6 Å². The average molecular weight is 276 g/mol. The van der Waals surface area contributed by atoms with Gasteiger partial charge in [0.15, 0.2) is 12.2 Å². The minimum absolute atomic E-state index is 0.0446. The van der Waals surface area contributed by atoms with Gasteiger partial charge in [0.1, 0.15) is 22.9 Å². The number of hydrogen-bond acceptors (Lipinski definition) is 4. The molecule has 0 unspecified atom stereocenters. The molecular weight excluding hydrogens is 266 g/mol. The Morgan fingerprint density at radius 1 is 1.15 bits per heavy atom. The van der Waals surface area contributed by atoms with Crippen molar-refractivity contribution >= 4 is 16.8 Å². The van der Waals surface area contributed by atoms with Crippen molar-refractivity contribution in [2.24, 2.45) is 0 Å². The maximum Gasteiger partial charge on any atom is 0.233 e. The van der Waals surface area contributed by atoms with Gasteiger partial charge in [-0.25, -0.2) is 13.8 Å². The van der Waals surface area contributed by atoms with Crippen LogP contribution >= 0.6 is 0 Å². The molecule has 20 heavy (non-hydrogen) atoms. The van der Waals surface area contributed by atoms with Gasteiger partial charge in [0.2, 0.25) is 5.89 Å². The molecule has 0 bridgehead atoms. The van der Waals surface area contributed by atoms with Crippen molar-refractivity contribution < 1.29 is 17.9 Å². The molecule has 3 aromatic rings. The van der Waals surface area contributed by atoms with Crippen LogP contribution in [0.1, 0.15) is 5.89 Å². The summed E-state index contributed by atoms with van der Waals surface area (Å²) in [6, 6.07) is 8.12. The number of hydrogen-bond donors (Lipinski definition) is 1. The first-order valence-corrected chi connectivity index (χ1v) is 5.84. The van der Waals surface area contributed by atoms with Gasteiger partial charge >= 0.3 is 0 Å². The van der Waals surface area contributed by atoms with Crippen LogP contribution in [0.15, 0.2) is 40.8 Å². The summed E-state index contributed by atoms with van der Waals surface area (Å²) in [6.45, 7) is -0.0446. The number of halogens is 2. The van der Waals surface area contributed by atoms with Gasteiger partial charge in [-0.2, -0.15) is 0 Å². The van der Waals surface area contributed by atoms with Gasteiger partial charge in [-0.1, -0.05) is 6.07 Å². The van der Waals surface area contributed by atoms with Gasteiger partial charge in [0.05, 0.1) is 5.69 Å². The highest BCUT2D eigenvalue weighted by molar-refractivity contribution is 5.85. The van der Waals surface area contributed by atoms with Crippen LogP contribution in [0.5, 0.6) is 5.75 Å². The monoisotopic (exact) mass is 276 g/mol. The summed E-state index contributed by atoms with van der Waals surface area (Å²) in [7, 11) is 0. The van der Waals surface area contributed by atoms with Gasteiger partial charge in [-0.15, -0.1) is 0 Å². The maximum absolute atomic E-state index is 13.0. The molecule has 3 rings (SSSR count). The molecule has 6 heteroatoms. The van der Waals surface area contributed by atoms with Crippen LogP contribution < -0.4 is 10.5 Å². The van der Waals surface area contributed by atoms with Crippen LogP contribution in [0.2, 0.25) is 0 Å². The lowest BCUT2D eigenvalue weighted by Crippen LogP contribution is -1.96. The lowest BCUT2D eigenvalue weighted by Gasteiger charge is -2.03. The second kappa shape index (κ2) is 4.80. The fourth-order valence-electron chi connectivity index (χ4n) is 1.83. The summed E-state index contributed by atoms with van der Waals surface area (Å²) in [4.78, 5) is 4.17. The number of fused-ring (bicyclic) bond motifs is 1. The Morgan fingerprint density at radius 3 is 2.60 bits per heavy atom. The number of nitrogen functional groups attached to an aromatic ring is 1. The zero-order valence-electron chi connectivity index (χ0n) is 10.3. The Labute approximate surface area is 112 Å². The number of anilines is 1. The van der Waals surface area contributed by atoms with Gasteiger partial charge in [-0.05, 0) is 12.1 Å². The topological polar surface area (TPSA) is 61.3 Å². The highest BCUT2D eigenvalue weighted by Crippen LogP contribution is 2.22. The lowest BCUT2D eigenvalue weighted by atomic mass is 10.3. The van der Waals surface area contributed by atoms with Crippen LogP contribution in [0.3, 0.4) is 0 Å². The summed E-state index contributed by atoms with van der Waals surface area (Å²) in [5.41, 5.74) is 7.32. The first-order chi connectivity index (χ1) is 9.61. The molecule has 102 valence electrons. The molecule has 0 saturated heterocycles. The standard InChI is InChI=1S/C14H10F2N2O2/c15-8-4-9(16)6-10(5-8)19-7-13-18-14-11(17)2-1-3-12(14)20-13/h1-6H,7,17H2. The Balaban J connectivity index is 1.81. The number of nitrogens with two attached hydrogens (primary N) is 1. The van der Waals surface area contributed by atoms with Gasteiger partial charge < -0.3 is 14.9 Å².